The summed E-state index contributed by atoms with van der Waals surface area (Å²) in [6, 6.07) is 9.82. The Morgan fingerprint density at radius 2 is 1.97 bits per heavy atom. The molecule has 2 heterocycles. The van der Waals surface area contributed by atoms with Crippen LogP contribution in [0.1, 0.15) is 55.1 Å². The first-order valence-electron chi connectivity index (χ1n) is 11.3. The van der Waals surface area contributed by atoms with Gasteiger partial charge >= 0.3 is 0 Å². The lowest BCUT2D eigenvalue weighted by Crippen LogP contribution is -2.28. The Hall–Kier alpha value is -3.18. The van der Waals surface area contributed by atoms with Crippen LogP contribution in [-0.4, -0.2) is 34.6 Å². The van der Waals surface area contributed by atoms with E-state index in [1.54, 1.807) is 13.1 Å². The zero-order valence-electron chi connectivity index (χ0n) is 19.4. The van der Waals surface area contributed by atoms with Gasteiger partial charge in [-0.3, -0.25) is 9.79 Å². The first-order chi connectivity index (χ1) is 16.0. The number of aliphatic imine (C=N–C) groups is 1. The van der Waals surface area contributed by atoms with Crippen molar-refractivity contribution in [2.24, 2.45) is 4.99 Å². The highest BCUT2D eigenvalue weighted by atomic mass is 35.5. The number of aryl methyl sites for hydroxylation is 1. The van der Waals surface area contributed by atoms with Gasteiger partial charge in [0.1, 0.15) is 5.82 Å². The van der Waals surface area contributed by atoms with Crippen molar-refractivity contribution in [2.45, 2.75) is 40.0 Å². The van der Waals surface area contributed by atoms with Crippen molar-refractivity contribution in [3.8, 4) is 0 Å². The first-order valence-corrected chi connectivity index (χ1v) is 11.7. The molecule has 1 aliphatic heterocycles. The van der Waals surface area contributed by atoms with Gasteiger partial charge in [-0.1, -0.05) is 42.3 Å². The average Bonchev–Trinajstić information content (AvgIpc) is 3.28. The van der Waals surface area contributed by atoms with Crippen LogP contribution in [0, 0.1) is 0 Å². The first kappa shape index (κ1) is 23.0. The molecule has 0 bridgehead atoms. The summed E-state index contributed by atoms with van der Waals surface area (Å²) in [6.07, 6.45) is 12.8. The van der Waals surface area contributed by atoms with E-state index in [0.29, 0.717) is 11.3 Å². The van der Waals surface area contributed by atoms with Crippen molar-refractivity contribution in [3.63, 3.8) is 0 Å². The van der Waals surface area contributed by atoms with E-state index >= 15 is 0 Å². The van der Waals surface area contributed by atoms with E-state index in [2.05, 4.69) is 40.2 Å². The zero-order chi connectivity index (χ0) is 23.4. The van der Waals surface area contributed by atoms with Gasteiger partial charge in [0, 0.05) is 47.0 Å². The molecule has 0 unspecified atom stereocenters. The topological polar surface area (TPSA) is 48.8 Å². The minimum atomic E-state index is 0.0386. The lowest BCUT2D eigenvalue weighted by Gasteiger charge is -2.24. The number of nitrogens with zero attached hydrogens (tertiary/aromatic N) is 4. The highest BCUT2D eigenvalue weighted by Crippen LogP contribution is 2.28. The summed E-state index contributed by atoms with van der Waals surface area (Å²) in [6.45, 7) is 7.23. The van der Waals surface area contributed by atoms with Crippen LogP contribution in [0.2, 0.25) is 0 Å². The molecule has 33 heavy (non-hydrogen) atoms. The minimum Gasteiger partial charge on any atom is -0.354 e. The maximum Gasteiger partial charge on any atom is 0.162 e. The fourth-order valence-electron chi connectivity index (χ4n) is 4.28. The summed E-state index contributed by atoms with van der Waals surface area (Å²) in [7, 11) is 0. The number of halogens is 1. The summed E-state index contributed by atoms with van der Waals surface area (Å²) in [5, 5.41) is 0.919. The van der Waals surface area contributed by atoms with E-state index in [1.807, 2.05) is 43.3 Å². The van der Waals surface area contributed by atoms with Gasteiger partial charge in [0.25, 0.3) is 0 Å². The molecule has 0 atom stereocenters. The van der Waals surface area contributed by atoms with Crippen LogP contribution >= 0.6 is 11.6 Å². The molecule has 2 aliphatic rings. The SMILES string of the molecule is CCc1cccc(N=C(C)c2cccnc2N2C=CN(CC3=CC=C(Cl)CC3)C2)c1C(C)=O. The lowest BCUT2D eigenvalue weighted by molar-refractivity contribution is 0.101. The van der Waals surface area contributed by atoms with Crippen molar-refractivity contribution in [1.82, 2.24) is 9.88 Å². The van der Waals surface area contributed by atoms with Crippen molar-refractivity contribution in [3.05, 3.63) is 88.4 Å². The van der Waals surface area contributed by atoms with Crippen LogP contribution in [0.15, 0.2) is 76.7 Å². The third-order valence-electron chi connectivity index (χ3n) is 5.98. The Balaban J connectivity index is 1.58. The van der Waals surface area contributed by atoms with Gasteiger partial charge in [-0.05, 0) is 62.9 Å². The molecule has 0 fully saturated rings. The third kappa shape index (κ3) is 5.25. The highest BCUT2D eigenvalue weighted by molar-refractivity contribution is 6.29. The van der Waals surface area contributed by atoms with E-state index < -0.39 is 0 Å². The Kier molecular flexibility index (Phi) is 7.09. The van der Waals surface area contributed by atoms with E-state index in [1.165, 1.54) is 5.57 Å². The number of pyridine rings is 1. The van der Waals surface area contributed by atoms with Gasteiger partial charge in [0.15, 0.2) is 5.78 Å². The normalized spacial score (nSPS) is 16.2. The predicted molar refractivity (Wildman–Crippen MR) is 136 cm³/mol. The number of hydrogen-bond acceptors (Lipinski definition) is 5. The van der Waals surface area contributed by atoms with Gasteiger partial charge in [-0.2, -0.15) is 0 Å². The Morgan fingerprint density at radius 1 is 1.12 bits per heavy atom. The van der Waals surface area contributed by atoms with E-state index in [9.17, 15) is 4.79 Å². The molecule has 0 saturated carbocycles. The molecule has 1 aromatic heterocycles. The molecule has 0 spiro atoms. The number of rotatable bonds is 7. The van der Waals surface area contributed by atoms with Crippen LogP contribution in [0.4, 0.5) is 11.5 Å². The van der Waals surface area contributed by atoms with Crippen molar-refractivity contribution in [2.75, 3.05) is 18.1 Å². The standard InChI is InChI=1S/C27H29ClN4O/c1-4-22-7-5-9-25(26(22)20(3)33)30-19(2)24-8-6-14-29-27(24)32-16-15-31(18-32)17-21-10-12-23(28)13-11-21/h5-10,12,14-16H,4,11,13,17-18H2,1-3H3. The molecule has 0 radical (unpaired) electrons. The van der Waals surface area contributed by atoms with Gasteiger partial charge in [-0.25, -0.2) is 4.98 Å². The number of ketones is 1. The summed E-state index contributed by atoms with van der Waals surface area (Å²) >= 11 is 6.09. The summed E-state index contributed by atoms with van der Waals surface area (Å²) < 4.78 is 0. The second kappa shape index (κ2) is 10.2. The summed E-state index contributed by atoms with van der Waals surface area (Å²) in [5.41, 5.74) is 5.59. The highest BCUT2D eigenvalue weighted by Gasteiger charge is 2.20. The predicted octanol–water partition coefficient (Wildman–Crippen LogP) is 6.38. The maximum absolute atomic E-state index is 12.3. The quantitative estimate of drug-likeness (QED) is 0.355. The third-order valence-corrected chi connectivity index (χ3v) is 6.30. The van der Waals surface area contributed by atoms with E-state index in [0.717, 1.165) is 60.2 Å². The molecule has 5 nitrogen and oxygen atoms in total. The molecule has 6 heteroatoms. The molecule has 1 aromatic carbocycles. The smallest absolute Gasteiger partial charge is 0.162 e. The molecule has 1 aliphatic carbocycles. The molecule has 4 rings (SSSR count). The van der Waals surface area contributed by atoms with Crippen molar-refractivity contribution in [1.29, 1.82) is 0 Å². The molecular formula is C27H29ClN4O. The number of carbonyl (C=O) groups is 1. The molecular weight excluding hydrogens is 432 g/mol. The number of Topliss-reactive ketones (excluding diaryl/α,β-unsaturated/α-hetero) is 1. The number of carbonyl (C=O) groups excluding carboxylic acids is 1. The van der Waals surface area contributed by atoms with Gasteiger partial charge in [-0.15, -0.1) is 0 Å². The fourth-order valence-corrected chi connectivity index (χ4v) is 4.44. The van der Waals surface area contributed by atoms with E-state index in [4.69, 9.17) is 16.6 Å². The molecule has 170 valence electrons. The number of anilines is 1. The second-order valence-corrected chi connectivity index (χ2v) is 8.87. The molecule has 2 aromatic rings. The fraction of sp³-hybridized carbons (Fsp3) is 0.296. The summed E-state index contributed by atoms with van der Waals surface area (Å²) in [5.74, 6) is 0.894. The van der Waals surface area contributed by atoms with Crippen LogP contribution in [0.25, 0.3) is 0 Å². The van der Waals surface area contributed by atoms with Gasteiger partial charge in [0.05, 0.1) is 12.4 Å². The Morgan fingerprint density at radius 3 is 2.70 bits per heavy atom. The number of aromatic nitrogens is 1. The molecule has 0 N–H and O–H groups in total. The van der Waals surface area contributed by atoms with Gasteiger partial charge < -0.3 is 9.80 Å². The lowest BCUT2D eigenvalue weighted by atomic mass is 10.00. The molecule has 0 saturated heterocycles. The average molecular weight is 461 g/mol. The van der Waals surface area contributed by atoms with Crippen LogP contribution in [0.3, 0.4) is 0 Å². The largest absolute Gasteiger partial charge is 0.354 e. The van der Waals surface area contributed by atoms with Crippen LogP contribution in [0.5, 0.6) is 0 Å². The van der Waals surface area contributed by atoms with Crippen LogP contribution in [-0.2, 0) is 6.42 Å². The Labute approximate surface area is 200 Å². The number of allylic oxidation sites excluding steroid dienone is 3. The van der Waals surface area contributed by atoms with Crippen molar-refractivity contribution >= 4 is 34.6 Å². The van der Waals surface area contributed by atoms with Gasteiger partial charge in [0.2, 0.25) is 0 Å². The summed E-state index contributed by atoms with van der Waals surface area (Å²) in [4.78, 5) is 26.3. The monoisotopic (exact) mass is 460 g/mol. The van der Waals surface area contributed by atoms with Crippen LogP contribution < -0.4 is 4.90 Å². The molecule has 0 amide bonds. The Bertz CT molecular complexity index is 1180. The zero-order valence-corrected chi connectivity index (χ0v) is 20.1. The second-order valence-electron chi connectivity index (χ2n) is 8.39. The number of benzene rings is 1. The van der Waals surface area contributed by atoms with E-state index in [-0.39, 0.29) is 5.78 Å². The maximum atomic E-state index is 12.3. The minimum absolute atomic E-state index is 0.0386. The van der Waals surface area contributed by atoms with Crippen molar-refractivity contribution < 1.29 is 4.79 Å². The number of hydrogen-bond donors (Lipinski definition) is 0.